The van der Waals surface area contributed by atoms with E-state index >= 15 is 0 Å². The van der Waals surface area contributed by atoms with Crippen LogP contribution in [0.5, 0.6) is 0 Å². The monoisotopic (exact) mass is 297 g/mol. The predicted molar refractivity (Wildman–Crippen MR) is 74.9 cm³/mol. The lowest BCUT2D eigenvalue weighted by Crippen LogP contribution is -2.13. The Morgan fingerprint density at radius 2 is 2.11 bits per heavy atom. The zero-order chi connectivity index (χ0) is 14.0. The summed E-state index contributed by atoms with van der Waals surface area (Å²) in [6, 6.07) is 5.17. The molecule has 4 nitrogen and oxygen atoms in total. The van der Waals surface area contributed by atoms with Gasteiger partial charge in [0.15, 0.2) is 5.78 Å². The molecule has 1 heterocycles. The molecule has 100 valence electrons. The minimum Gasteiger partial charge on any atom is -0.294 e. The van der Waals surface area contributed by atoms with E-state index in [4.69, 9.17) is 23.2 Å². The molecule has 0 unspecified atom stereocenters. The van der Waals surface area contributed by atoms with Gasteiger partial charge in [0.05, 0.1) is 16.5 Å². The second-order valence-electron chi connectivity index (χ2n) is 4.42. The van der Waals surface area contributed by atoms with Crippen molar-refractivity contribution in [1.82, 2.24) is 14.8 Å². The zero-order valence-electron chi connectivity index (χ0n) is 10.6. The first-order chi connectivity index (χ1) is 9.00. The molecule has 0 radical (unpaired) electrons. The summed E-state index contributed by atoms with van der Waals surface area (Å²) in [5.74, 6) is 0.499. The molecule has 0 fully saturated rings. The SMILES string of the molecule is CC(C)n1ncnc1CC(=O)c1cccc(Cl)c1Cl. The van der Waals surface area contributed by atoms with Crippen LogP contribution in [0.1, 0.15) is 36.1 Å². The minimum atomic E-state index is -0.123. The van der Waals surface area contributed by atoms with E-state index in [0.29, 0.717) is 16.4 Å². The summed E-state index contributed by atoms with van der Waals surface area (Å²) in [5.41, 5.74) is 0.410. The van der Waals surface area contributed by atoms with E-state index in [2.05, 4.69) is 10.1 Å². The first-order valence-electron chi connectivity index (χ1n) is 5.86. The van der Waals surface area contributed by atoms with Crippen molar-refractivity contribution >= 4 is 29.0 Å². The van der Waals surface area contributed by atoms with Crippen LogP contribution in [0.2, 0.25) is 10.0 Å². The number of aromatic nitrogens is 3. The van der Waals surface area contributed by atoms with E-state index in [9.17, 15) is 4.79 Å². The Kier molecular flexibility index (Phi) is 4.22. The molecule has 0 atom stereocenters. The van der Waals surface area contributed by atoms with Crippen molar-refractivity contribution in [3.8, 4) is 0 Å². The average Bonchev–Trinajstić information content (AvgIpc) is 2.80. The molecule has 0 aliphatic rings. The Morgan fingerprint density at radius 1 is 1.37 bits per heavy atom. The van der Waals surface area contributed by atoms with Crippen molar-refractivity contribution in [3.05, 3.63) is 46.0 Å². The molecule has 0 amide bonds. The highest BCUT2D eigenvalue weighted by Gasteiger charge is 2.17. The van der Waals surface area contributed by atoms with E-state index < -0.39 is 0 Å². The molecule has 0 aliphatic heterocycles. The molecule has 19 heavy (non-hydrogen) atoms. The highest BCUT2D eigenvalue weighted by molar-refractivity contribution is 6.43. The van der Waals surface area contributed by atoms with E-state index in [1.165, 1.54) is 6.33 Å². The van der Waals surface area contributed by atoms with E-state index in [-0.39, 0.29) is 23.3 Å². The van der Waals surface area contributed by atoms with Crippen molar-refractivity contribution in [3.63, 3.8) is 0 Å². The van der Waals surface area contributed by atoms with Crippen molar-refractivity contribution in [2.75, 3.05) is 0 Å². The van der Waals surface area contributed by atoms with Gasteiger partial charge in [0.1, 0.15) is 12.2 Å². The van der Waals surface area contributed by atoms with Crippen LogP contribution in [0.15, 0.2) is 24.5 Å². The number of carbonyl (C=O) groups excluding carboxylic acids is 1. The van der Waals surface area contributed by atoms with Gasteiger partial charge in [-0.2, -0.15) is 5.10 Å². The molecular weight excluding hydrogens is 285 g/mol. The minimum absolute atomic E-state index is 0.123. The highest BCUT2D eigenvalue weighted by atomic mass is 35.5. The van der Waals surface area contributed by atoms with Gasteiger partial charge >= 0.3 is 0 Å². The lowest BCUT2D eigenvalue weighted by molar-refractivity contribution is 0.0989. The molecule has 0 saturated heterocycles. The number of carbonyl (C=O) groups is 1. The summed E-state index contributed by atoms with van der Waals surface area (Å²) in [5, 5.41) is 4.75. The maximum atomic E-state index is 12.2. The molecule has 2 rings (SSSR count). The smallest absolute Gasteiger partial charge is 0.171 e. The molecule has 2 aromatic rings. The van der Waals surface area contributed by atoms with Gasteiger partial charge in [-0.15, -0.1) is 0 Å². The van der Waals surface area contributed by atoms with Crippen LogP contribution in [0.4, 0.5) is 0 Å². The molecule has 0 spiro atoms. The molecule has 1 aromatic carbocycles. The second kappa shape index (κ2) is 5.72. The van der Waals surface area contributed by atoms with Gasteiger partial charge in [0.2, 0.25) is 0 Å². The van der Waals surface area contributed by atoms with E-state index in [0.717, 1.165) is 0 Å². The third kappa shape index (κ3) is 2.96. The van der Waals surface area contributed by atoms with Crippen molar-refractivity contribution in [2.45, 2.75) is 26.3 Å². The number of Topliss-reactive ketones (excluding diaryl/α,β-unsaturated/α-hetero) is 1. The fourth-order valence-electron chi connectivity index (χ4n) is 1.79. The molecule has 0 bridgehead atoms. The fraction of sp³-hybridized carbons (Fsp3) is 0.308. The summed E-state index contributed by atoms with van der Waals surface area (Å²) in [6.45, 7) is 3.96. The Hall–Kier alpha value is -1.39. The summed E-state index contributed by atoms with van der Waals surface area (Å²) in [6.07, 6.45) is 1.60. The largest absolute Gasteiger partial charge is 0.294 e. The number of ketones is 1. The predicted octanol–water partition coefficient (Wildman–Crippen LogP) is 3.59. The summed E-state index contributed by atoms with van der Waals surface area (Å²) < 4.78 is 1.72. The van der Waals surface area contributed by atoms with Crippen LogP contribution in [0.3, 0.4) is 0 Å². The van der Waals surface area contributed by atoms with Crippen LogP contribution in [0.25, 0.3) is 0 Å². The molecule has 1 aromatic heterocycles. The van der Waals surface area contributed by atoms with Gasteiger partial charge in [-0.05, 0) is 26.0 Å². The van der Waals surface area contributed by atoms with Crippen LogP contribution in [-0.4, -0.2) is 20.5 Å². The number of benzene rings is 1. The van der Waals surface area contributed by atoms with Gasteiger partial charge < -0.3 is 0 Å². The lowest BCUT2D eigenvalue weighted by atomic mass is 10.1. The Bertz CT molecular complexity index is 608. The summed E-state index contributed by atoms with van der Waals surface area (Å²) in [4.78, 5) is 16.3. The molecule has 0 saturated carbocycles. The van der Waals surface area contributed by atoms with E-state index in [1.807, 2.05) is 13.8 Å². The van der Waals surface area contributed by atoms with Gasteiger partial charge in [-0.3, -0.25) is 4.79 Å². The van der Waals surface area contributed by atoms with Crippen LogP contribution >= 0.6 is 23.2 Å². The number of halogens is 2. The average molecular weight is 298 g/mol. The van der Waals surface area contributed by atoms with Crippen molar-refractivity contribution in [1.29, 1.82) is 0 Å². The first kappa shape index (κ1) is 14.0. The third-order valence-electron chi connectivity index (χ3n) is 2.71. The van der Waals surface area contributed by atoms with Crippen molar-refractivity contribution in [2.24, 2.45) is 0 Å². The van der Waals surface area contributed by atoms with Gasteiger partial charge in [-0.25, -0.2) is 9.67 Å². The fourth-order valence-corrected chi connectivity index (χ4v) is 2.20. The van der Waals surface area contributed by atoms with Crippen LogP contribution < -0.4 is 0 Å². The van der Waals surface area contributed by atoms with Gasteiger partial charge in [0, 0.05) is 11.6 Å². The maximum Gasteiger partial charge on any atom is 0.171 e. The Labute approximate surface area is 121 Å². The Balaban J connectivity index is 2.26. The molecule has 0 aliphatic carbocycles. The van der Waals surface area contributed by atoms with Crippen LogP contribution in [0, 0.1) is 0 Å². The van der Waals surface area contributed by atoms with Crippen molar-refractivity contribution < 1.29 is 4.79 Å². The van der Waals surface area contributed by atoms with Gasteiger partial charge in [-0.1, -0.05) is 29.3 Å². The highest BCUT2D eigenvalue weighted by Crippen LogP contribution is 2.26. The Morgan fingerprint density at radius 3 is 2.79 bits per heavy atom. The first-order valence-corrected chi connectivity index (χ1v) is 6.62. The summed E-state index contributed by atoms with van der Waals surface area (Å²) in [7, 11) is 0. The van der Waals surface area contributed by atoms with E-state index in [1.54, 1.807) is 22.9 Å². The van der Waals surface area contributed by atoms with Gasteiger partial charge in [0.25, 0.3) is 0 Å². The molecule has 0 N–H and O–H groups in total. The number of hydrogen-bond acceptors (Lipinski definition) is 3. The third-order valence-corrected chi connectivity index (χ3v) is 3.53. The van der Waals surface area contributed by atoms with Crippen LogP contribution in [-0.2, 0) is 6.42 Å². The topological polar surface area (TPSA) is 47.8 Å². The standard InChI is InChI=1S/C13H13Cl2N3O/c1-8(2)18-12(16-7-17-18)6-11(19)9-4-3-5-10(14)13(9)15/h3-5,7-8H,6H2,1-2H3. The quantitative estimate of drug-likeness (QED) is 0.810. The zero-order valence-corrected chi connectivity index (χ0v) is 12.1. The number of hydrogen-bond donors (Lipinski definition) is 0. The number of nitrogens with zero attached hydrogens (tertiary/aromatic N) is 3. The second-order valence-corrected chi connectivity index (χ2v) is 5.20. The number of rotatable bonds is 4. The normalized spacial score (nSPS) is 11.0. The maximum absolute atomic E-state index is 12.2. The lowest BCUT2D eigenvalue weighted by Gasteiger charge is -2.09. The molecule has 6 heteroatoms. The summed E-state index contributed by atoms with van der Waals surface area (Å²) >= 11 is 11.9. The molecular formula is C13H13Cl2N3O.